The van der Waals surface area contributed by atoms with E-state index in [0.717, 1.165) is 6.07 Å². The van der Waals surface area contributed by atoms with Crippen LogP contribution in [0.3, 0.4) is 0 Å². The van der Waals surface area contributed by atoms with Crippen LogP contribution in [0, 0.1) is 58.2 Å². The van der Waals surface area contributed by atoms with E-state index in [1.54, 1.807) is 0 Å². The Bertz CT molecular complexity index is 1570. The average Bonchev–Trinajstić information content (AvgIpc) is 3.28. The molecule has 2 nitrogen and oxygen atoms in total. The molecule has 0 saturated carbocycles. The predicted molar refractivity (Wildman–Crippen MR) is 114 cm³/mol. The van der Waals surface area contributed by atoms with Crippen molar-refractivity contribution in [2.24, 2.45) is 0 Å². The summed E-state index contributed by atoms with van der Waals surface area (Å²) in [5, 5.41) is 0. The van der Waals surface area contributed by atoms with Crippen LogP contribution >= 0.6 is 0 Å². The zero-order chi connectivity index (χ0) is 27.5. The molecule has 4 aromatic carbocycles. The highest BCUT2D eigenvalue weighted by Crippen LogP contribution is 2.41. The molecule has 194 valence electrons. The maximum atomic E-state index is 15.3. The van der Waals surface area contributed by atoms with Crippen molar-refractivity contribution in [1.82, 2.24) is 0 Å². The van der Waals surface area contributed by atoms with Gasteiger partial charge >= 0.3 is 7.12 Å². The number of fused-ring (bicyclic) bond motifs is 3. The molecule has 13 heteroatoms. The monoisotopic (exact) mass is 542 g/mol. The number of benzene rings is 4. The maximum absolute atomic E-state index is 15.3. The van der Waals surface area contributed by atoms with Crippen LogP contribution in [0.15, 0.2) is 42.5 Å². The smallest absolute Gasteiger partial charge is 0.520 e. The molecule has 0 N–H and O–H groups in total. The van der Waals surface area contributed by atoms with Crippen LogP contribution in [-0.2, 0) is 6.42 Å². The van der Waals surface area contributed by atoms with Crippen molar-refractivity contribution in [3.05, 3.63) is 112 Å². The van der Waals surface area contributed by atoms with Crippen molar-refractivity contribution < 1.29 is 53.2 Å². The molecule has 0 radical (unpaired) electrons. The van der Waals surface area contributed by atoms with Gasteiger partial charge in [0.15, 0.2) is 40.7 Å². The van der Waals surface area contributed by atoms with E-state index in [2.05, 4.69) is 0 Å². The fourth-order valence-corrected chi connectivity index (χ4v) is 4.17. The van der Waals surface area contributed by atoms with Gasteiger partial charge in [-0.05, 0) is 47.9 Å². The minimum Gasteiger partial charge on any atom is -0.520 e. The zero-order valence-electron chi connectivity index (χ0n) is 18.4. The molecule has 0 bridgehead atoms. The lowest BCUT2D eigenvalue weighted by molar-refractivity contribution is 0.369. The average molecular weight is 542 g/mol. The van der Waals surface area contributed by atoms with Crippen molar-refractivity contribution in [3.63, 3.8) is 0 Å². The third kappa shape index (κ3) is 3.93. The van der Waals surface area contributed by atoms with E-state index in [1.807, 2.05) is 0 Å². The Hall–Kier alpha value is -4.16. The minimum absolute atomic E-state index is 0.0712. The van der Waals surface area contributed by atoms with E-state index in [-0.39, 0.29) is 5.56 Å². The lowest BCUT2D eigenvalue weighted by Crippen LogP contribution is -2.47. The Morgan fingerprint density at radius 1 is 0.500 bits per heavy atom. The second kappa shape index (κ2) is 9.30. The Kier molecular flexibility index (Phi) is 6.24. The van der Waals surface area contributed by atoms with Crippen LogP contribution < -0.4 is 14.8 Å². The van der Waals surface area contributed by atoms with Crippen LogP contribution in [0.5, 0.6) is 11.5 Å². The fourth-order valence-electron chi connectivity index (χ4n) is 4.17. The first kappa shape index (κ1) is 25.5. The maximum Gasteiger partial charge on any atom is 0.636 e. The van der Waals surface area contributed by atoms with Crippen LogP contribution in [0.25, 0.3) is 11.1 Å². The van der Waals surface area contributed by atoms with E-state index in [0.29, 0.717) is 24.3 Å². The summed E-state index contributed by atoms with van der Waals surface area (Å²) in [4.78, 5) is 0. The quantitative estimate of drug-likeness (QED) is 0.144. The molecule has 0 aliphatic heterocycles. The highest BCUT2D eigenvalue weighted by molar-refractivity contribution is 6.63. The van der Waals surface area contributed by atoms with Gasteiger partial charge in [0.05, 0.1) is 5.46 Å². The molecular weight excluding hydrogens is 533 g/mol. The number of rotatable bonds is 5. The second-order valence-electron chi connectivity index (χ2n) is 8.07. The van der Waals surface area contributed by atoms with E-state index < -0.39 is 105 Å². The van der Waals surface area contributed by atoms with Gasteiger partial charge in [0.1, 0.15) is 17.3 Å². The lowest BCUT2D eigenvalue weighted by Gasteiger charge is -2.21. The summed E-state index contributed by atoms with van der Waals surface area (Å²) >= 11 is 0. The van der Waals surface area contributed by atoms with Crippen LogP contribution in [0.2, 0.25) is 0 Å². The van der Waals surface area contributed by atoms with Crippen molar-refractivity contribution in [2.45, 2.75) is 6.42 Å². The highest BCUT2D eigenvalue weighted by Gasteiger charge is 2.42. The van der Waals surface area contributed by atoms with Crippen LogP contribution in [-0.4, -0.2) is 7.12 Å². The Morgan fingerprint density at radius 3 is 1.61 bits per heavy atom. The minimum atomic E-state index is -2.53. The third-order valence-corrected chi connectivity index (χ3v) is 5.89. The largest absolute Gasteiger partial charge is 0.636 e. The lowest BCUT2D eigenvalue weighted by atomic mass is 9.73. The normalized spacial score (nSPS) is 11.8. The van der Waals surface area contributed by atoms with Crippen molar-refractivity contribution >= 4 is 12.6 Å². The van der Waals surface area contributed by atoms with Crippen molar-refractivity contribution in [3.8, 4) is 22.6 Å². The van der Waals surface area contributed by atoms with Crippen molar-refractivity contribution in [1.29, 1.82) is 0 Å². The zero-order valence-corrected chi connectivity index (χ0v) is 18.4. The second-order valence-corrected chi connectivity index (χ2v) is 8.07. The number of hydrogen-bond acceptors (Lipinski definition) is 2. The van der Waals surface area contributed by atoms with Gasteiger partial charge in [-0.15, -0.1) is 0 Å². The predicted octanol–water partition coefficient (Wildman–Crippen LogP) is 6.50. The van der Waals surface area contributed by atoms with Gasteiger partial charge in [0, 0.05) is 11.1 Å². The molecule has 1 aliphatic rings. The molecule has 1 aliphatic carbocycles. The van der Waals surface area contributed by atoms with Gasteiger partial charge in [-0.25, -0.2) is 35.1 Å². The summed E-state index contributed by atoms with van der Waals surface area (Å²) in [7, 11) is -2.53. The molecule has 0 saturated heterocycles. The number of hydrogen-bond donors (Lipinski definition) is 0. The molecule has 0 fully saturated rings. The molecule has 5 rings (SSSR count). The first-order valence-electron chi connectivity index (χ1n) is 10.6. The fraction of sp³-hybridized carbons (Fsp3) is 0.0400. The summed E-state index contributed by atoms with van der Waals surface area (Å²) in [6.45, 7) is 0. The van der Waals surface area contributed by atoms with E-state index >= 15 is 4.39 Å². The van der Waals surface area contributed by atoms with Gasteiger partial charge in [0.2, 0.25) is 11.6 Å². The Labute approximate surface area is 207 Å². The summed E-state index contributed by atoms with van der Waals surface area (Å²) < 4.78 is 153. The molecule has 0 heterocycles. The SMILES string of the molecule is Fc1ccc(OB(Oc2ccc(F)c(F)c2F)c2c(F)c(F)c(F)c3c2Cc2cccc(F)c2-3)c(F)c1F. The van der Waals surface area contributed by atoms with Gasteiger partial charge in [-0.3, -0.25) is 0 Å². The summed E-state index contributed by atoms with van der Waals surface area (Å²) in [6, 6.07) is 5.34. The first-order valence-corrected chi connectivity index (χ1v) is 10.6. The molecule has 0 unspecified atom stereocenters. The van der Waals surface area contributed by atoms with Gasteiger partial charge in [-0.1, -0.05) is 12.1 Å². The molecule has 4 aromatic rings. The molecule has 0 atom stereocenters. The van der Waals surface area contributed by atoms with Gasteiger partial charge < -0.3 is 9.31 Å². The van der Waals surface area contributed by atoms with Crippen LogP contribution in [0.1, 0.15) is 11.1 Å². The molecule has 0 aromatic heterocycles. The van der Waals surface area contributed by atoms with Gasteiger partial charge in [-0.2, -0.15) is 8.78 Å². The van der Waals surface area contributed by atoms with E-state index in [9.17, 15) is 39.5 Å². The highest BCUT2D eigenvalue weighted by atomic mass is 19.2. The molecule has 0 spiro atoms. The molecule has 0 amide bonds. The standard InChI is InChI=1S/C25H9BF10O2/c27-11-3-1-2-9-8-10-17(16(9)11)23(34)25(36)24(35)18(10)26(37-14-6-4-12(28)19(30)21(14)32)38-15-7-5-13(29)20(31)22(15)33/h1-7H,8H2. The summed E-state index contributed by atoms with van der Waals surface area (Å²) in [5.74, 6) is -20.5. The number of halogens is 10. The van der Waals surface area contributed by atoms with Crippen molar-refractivity contribution in [2.75, 3.05) is 0 Å². The molecule has 38 heavy (non-hydrogen) atoms. The third-order valence-electron chi connectivity index (χ3n) is 5.89. The first-order chi connectivity index (χ1) is 18.0. The molecular formula is C25H9BF10O2. The van der Waals surface area contributed by atoms with E-state index in [1.165, 1.54) is 12.1 Å². The Balaban J connectivity index is 1.74. The van der Waals surface area contributed by atoms with Gasteiger partial charge in [0.25, 0.3) is 0 Å². The summed E-state index contributed by atoms with van der Waals surface area (Å²) in [5.41, 5.74) is -2.64. The topological polar surface area (TPSA) is 18.5 Å². The Morgan fingerprint density at radius 2 is 1.05 bits per heavy atom. The van der Waals surface area contributed by atoms with E-state index in [4.69, 9.17) is 9.31 Å². The van der Waals surface area contributed by atoms with Crippen LogP contribution in [0.4, 0.5) is 43.9 Å². The summed E-state index contributed by atoms with van der Waals surface area (Å²) in [6.07, 6.45) is -0.449.